The van der Waals surface area contributed by atoms with Gasteiger partial charge in [0.2, 0.25) is 5.91 Å². The van der Waals surface area contributed by atoms with Crippen molar-refractivity contribution in [1.82, 2.24) is 4.90 Å². The number of aliphatic hydroxyl groups excluding tert-OH is 1. The number of carbonyl (C=O) groups excluding carboxylic acids is 3. The third-order valence-corrected chi connectivity index (χ3v) is 7.25. The molecular formula is C28H34N3O8+. The maximum Gasteiger partial charge on any atom is 0.359 e. The van der Waals surface area contributed by atoms with Gasteiger partial charge < -0.3 is 19.1 Å². The Morgan fingerprint density at radius 1 is 1.03 bits per heavy atom. The van der Waals surface area contributed by atoms with E-state index in [4.69, 9.17) is 9.47 Å². The SMILES string of the molecule is CC[N+](CC)(CC)C1CC(=O)N1/C(C(=O)OCc1ccc([N+](=O)[O-])cc1)=C(/O)CCOC(=O)c1ccccc1. The minimum absolute atomic E-state index is 0.102. The van der Waals surface area contributed by atoms with E-state index in [0.29, 0.717) is 35.2 Å². The molecule has 0 bridgehead atoms. The topological polar surface area (TPSA) is 136 Å². The lowest BCUT2D eigenvalue weighted by Gasteiger charge is -2.52. The summed E-state index contributed by atoms with van der Waals surface area (Å²) in [4.78, 5) is 50.1. The highest BCUT2D eigenvalue weighted by Gasteiger charge is 2.52. The van der Waals surface area contributed by atoms with Crippen LogP contribution >= 0.6 is 0 Å². The first-order valence-electron chi connectivity index (χ1n) is 12.9. The predicted molar refractivity (Wildman–Crippen MR) is 141 cm³/mol. The summed E-state index contributed by atoms with van der Waals surface area (Å²) in [5.41, 5.74) is 0.455. The fraction of sp³-hybridized carbons (Fsp3) is 0.393. The number of nitro benzene ring substituents is 1. The molecule has 1 unspecified atom stereocenters. The van der Waals surface area contributed by atoms with Gasteiger partial charge in [0.15, 0.2) is 11.9 Å². The molecule has 0 aromatic heterocycles. The molecule has 11 heteroatoms. The number of rotatable bonds is 13. The number of aliphatic hydroxyl groups is 1. The maximum absolute atomic E-state index is 13.3. The second kappa shape index (κ2) is 13.0. The number of nitrogens with zero attached hydrogens (tertiary/aromatic N) is 3. The Bertz CT molecular complexity index is 1210. The Balaban J connectivity index is 1.83. The number of hydrogen-bond donors (Lipinski definition) is 1. The molecule has 11 nitrogen and oxygen atoms in total. The molecule has 1 saturated heterocycles. The van der Waals surface area contributed by atoms with Crippen molar-refractivity contribution < 1.29 is 38.4 Å². The highest BCUT2D eigenvalue weighted by Crippen LogP contribution is 2.35. The Labute approximate surface area is 227 Å². The Kier molecular flexibility index (Phi) is 9.78. The number of β-lactam (4-membered cyclic amide) rings is 1. The third-order valence-electron chi connectivity index (χ3n) is 7.25. The molecule has 2 aromatic carbocycles. The second-order valence-corrected chi connectivity index (χ2v) is 9.16. The normalized spacial score (nSPS) is 15.7. The number of non-ortho nitro benzene ring substituents is 1. The Morgan fingerprint density at radius 2 is 1.64 bits per heavy atom. The molecule has 0 radical (unpaired) electrons. The van der Waals surface area contributed by atoms with E-state index < -0.39 is 22.6 Å². The molecular weight excluding hydrogens is 506 g/mol. The van der Waals surface area contributed by atoms with E-state index in [1.165, 1.54) is 29.2 Å². The quantitative estimate of drug-likeness (QED) is 0.0763. The molecule has 0 spiro atoms. The number of ether oxygens (including phenoxy) is 2. The van der Waals surface area contributed by atoms with Gasteiger partial charge in [0.25, 0.3) is 5.69 Å². The van der Waals surface area contributed by atoms with Crippen molar-refractivity contribution in [1.29, 1.82) is 0 Å². The lowest BCUT2D eigenvalue weighted by atomic mass is 10.0. The minimum Gasteiger partial charge on any atom is -0.510 e. The molecule has 0 aliphatic carbocycles. The summed E-state index contributed by atoms with van der Waals surface area (Å²) < 4.78 is 11.2. The van der Waals surface area contributed by atoms with E-state index in [0.717, 1.165) is 0 Å². The summed E-state index contributed by atoms with van der Waals surface area (Å²) in [5.74, 6) is -2.25. The molecule has 1 fully saturated rings. The van der Waals surface area contributed by atoms with E-state index >= 15 is 0 Å². The fourth-order valence-electron chi connectivity index (χ4n) is 4.72. The lowest BCUT2D eigenvalue weighted by Crippen LogP contribution is -2.70. The molecule has 1 aliphatic heterocycles. The summed E-state index contributed by atoms with van der Waals surface area (Å²) >= 11 is 0. The van der Waals surface area contributed by atoms with Crippen LogP contribution in [0, 0.1) is 10.1 Å². The van der Waals surface area contributed by atoms with Crippen LogP contribution in [0.5, 0.6) is 0 Å². The average molecular weight is 541 g/mol. The molecule has 1 N–H and O–H groups in total. The number of esters is 2. The first-order valence-corrected chi connectivity index (χ1v) is 12.9. The number of carbonyl (C=O) groups is 3. The molecule has 39 heavy (non-hydrogen) atoms. The number of hydrogen-bond acceptors (Lipinski definition) is 8. The van der Waals surface area contributed by atoms with Gasteiger partial charge in [-0.25, -0.2) is 9.59 Å². The van der Waals surface area contributed by atoms with E-state index in [1.807, 2.05) is 20.8 Å². The van der Waals surface area contributed by atoms with Gasteiger partial charge in [-0.3, -0.25) is 19.8 Å². The van der Waals surface area contributed by atoms with Gasteiger partial charge in [-0.1, -0.05) is 18.2 Å². The molecule has 0 saturated carbocycles. The first kappa shape index (κ1) is 29.3. The molecule has 1 atom stereocenters. The van der Waals surface area contributed by atoms with Gasteiger partial charge in [-0.2, -0.15) is 0 Å². The van der Waals surface area contributed by atoms with E-state index in [9.17, 15) is 29.6 Å². The van der Waals surface area contributed by atoms with E-state index in [-0.39, 0.29) is 49.5 Å². The molecule has 208 valence electrons. The summed E-state index contributed by atoms with van der Waals surface area (Å²) in [6.07, 6.45) is -0.361. The fourth-order valence-corrected chi connectivity index (χ4v) is 4.72. The zero-order valence-electron chi connectivity index (χ0n) is 22.4. The number of benzene rings is 2. The largest absolute Gasteiger partial charge is 0.510 e. The van der Waals surface area contributed by atoms with E-state index in [1.54, 1.807) is 30.3 Å². The third kappa shape index (κ3) is 6.61. The zero-order chi connectivity index (χ0) is 28.6. The summed E-state index contributed by atoms with van der Waals surface area (Å²) in [6.45, 7) is 7.71. The Hall–Kier alpha value is -4.25. The number of quaternary nitrogens is 1. The predicted octanol–water partition coefficient (Wildman–Crippen LogP) is 4.09. The van der Waals surface area contributed by atoms with Crippen molar-refractivity contribution in [3.63, 3.8) is 0 Å². The van der Waals surface area contributed by atoms with Crippen LogP contribution in [0.1, 0.15) is 49.5 Å². The highest BCUT2D eigenvalue weighted by atomic mass is 16.6. The zero-order valence-corrected chi connectivity index (χ0v) is 22.4. The van der Waals surface area contributed by atoms with Crippen LogP contribution in [-0.2, 0) is 25.7 Å². The second-order valence-electron chi connectivity index (χ2n) is 9.16. The number of nitro groups is 1. The van der Waals surface area contributed by atoms with Crippen molar-refractivity contribution in [3.05, 3.63) is 87.3 Å². The smallest absolute Gasteiger partial charge is 0.359 e. The van der Waals surface area contributed by atoms with Crippen LogP contribution in [0.15, 0.2) is 66.1 Å². The molecule has 1 heterocycles. The van der Waals surface area contributed by atoms with Crippen LogP contribution in [0.2, 0.25) is 0 Å². The number of likely N-dealkylation sites (tertiary alicyclic amines) is 1. The monoisotopic (exact) mass is 540 g/mol. The van der Waals surface area contributed by atoms with Crippen LogP contribution < -0.4 is 0 Å². The summed E-state index contributed by atoms with van der Waals surface area (Å²) in [7, 11) is 0. The molecule has 2 aromatic rings. The van der Waals surface area contributed by atoms with Crippen LogP contribution in [0.4, 0.5) is 5.69 Å². The summed E-state index contributed by atoms with van der Waals surface area (Å²) in [5, 5.41) is 21.9. The van der Waals surface area contributed by atoms with Gasteiger partial charge in [0, 0.05) is 18.6 Å². The summed E-state index contributed by atoms with van der Waals surface area (Å²) in [6, 6.07) is 13.9. The van der Waals surface area contributed by atoms with Gasteiger partial charge in [0.1, 0.15) is 18.8 Å². The number of amides is 1. The lowest BCUT2D eigenvalue weighted by molar-refractivity contribution is -0.958. The van der Waals surface area contributed by atoms with Crippen molar-refractivity contribution in [2.24, 2.45) is 0 Å². The van der Waals surface area contributed by atoms with Crippen molar-refractivity contribution in [2.75, 3.05) is 26.2 Å². The van der Waals surface area contributed by atoms with Crippen LogP contribution in [-0.4, -0.2) is 69.7 Å². The van der Waals surface area contributed by atoms with Crippen LogP contribution in [0.3, 0.4) is 0 Å². The van der Waals surface area contributed by atoms with Crippen molar-refractivity contribution in [3.8, 4) is 0 Å². The van der Waals surface area contributed by atoms with Gasteiger partial charge in [-0.15, -0.1) is 0 Å². The first-order chi connectivity index (χ1) is 18.7. The molecule has 3 rings (SSSR count). The van der Waals surface area contributed by atoms with Crippen LogP contribution in [0.25, 0.3) is 0 Å². The van der Waals surface area contributed by atoms with Gasteiger partial charge in [-0.05, 0) is 50.6 Å². The highest BCUT2D eigenvalue weighted by molar-refractivity contribution is 5.97. The van der Waals surface area contributed by atoms with Gasteiger partial charge in [0.05, 0.1) is 36.7 Å². The maximum atomic E-state index is 13.3. The van der Waals surface area contributed by atoms with Crippen molar-refractivity contribution in [2.45, 2.75) is 46.4 Å². The average Bonchev–Trinajstić information content (AvgIpc) is 2.95. The standard InChI is InChI=1S/C28H33N3O8/c1-4-31(5-2,6-3)24-18-25(33)29(24)26(23(32)16-17-38-27(34)21-10-8-7-9-11-21)28(35)39-19-20-12-14-22(15-13-20)30(36)37/h7-15,24H,4-6,16-19H2,1-3H3/p+1. The molecule has 1 amide bonds. The van der Waals surface area contributed by atoms with Gasteiger partial charge >= 0.3 is 11.9 Å². The van der Waals surface area contributed by atoms with Crippen molar-refractivity contribution >= 4 is 23.5 Å². The minimum atomic E-state index is -0.917. The Morgan fingerprint density at radius 3 is 2.18 bits per heavy atom. The van der Waals surface area contributed by atoms with E-state index in [2.05, 4.69) is 0 Å². The molecule has 1 aliphatic rings.